The molecule has 1 amide bonds. The molecule has 1 aliphatic rings. The molecule has 1 aliphatic heterocycles. The van der Waals surface area contributed by atoms with Crippen molar-refractivity contribution in [1.82, 2.24) is 9.88 Å². The van der Waals surface area contributed by atoms with Gasteiger partial charge in [-0.15, -0.1) is 0 Å². The van der Waals surface area contributed by atoms with Crippen LogP contribution in [0.1, 0.15) is 12.8 Å². The number of hydrogen-bond acceptors (Lipinski definition) is 3. The van der Waals surface area contributed by atoms with Crippen molar-refractivity contribution < 1.29 is 9.28 Å². The van der Waals surface area contributed by atoms with Gasteiger partial charge in [-0.2, -0.15) is 0 Å². The lowest BCUT2D eigenvalue weighted by Crippen LogP contribution is -2.50. The Kier molecular flexibility index (Phi) is 5.89. The van der Waals surface area contributed by atoms with Crippen LogP contribution < -0.4 is 5.32 Å². The minimum Gasteiger partial charge on any atom is -0.364 e. The van der Waals surface area contributed by atoms with Gasteiger partial charge in [0.1, 0.15) is 5.82 Å². The lowest BCUT2D eigenvalue weighted by molar-refractivity contribution is -0.881. The number of nitrogens with zero attached hydrogens (tertiary/aromatic N) is 3. The van der Waals surface area contributed by atoms with Crippen molar-refractivity contribution >= 4 is 11.7 Å². The van der Waals surface area contributed by atoms with Crippen molar-refractivity contribution in [3.05, 3.63) is 48.5 Å². The average Bonchev–Trinajstić information content (AvgIpc) is 3.17. The average molecular weight is 353 g/mol. The maximum atomic E-state index is 12.4. The molecule has 5 heteroatoms. The number of carbonyl (C=O) groups excluding carboxylic acids is 1. The molecule has 1 saturated heterocycles. The van der Waals surface area contributed by atoms with Gasteiger partial charge in [0.25, 0.3) is 5.91 Å². The molecule has 26 heavy (non-hydrogen) atoms. The lowest BCUT2D eigenvalue weighted by Gasteiger charge is -2.31. The minimum absolute atomic E-state index is 0.275. The Labute approximate surface area is 156 Å². The number of rotatable bonds is 7. The maximum absolute atomic E-state index is 12.4. The number of quaternary nitrogens is 1. The topological polar surface area (TPSA) is 45.2 Å². The number of pyridine rings is 1. The van der Waals surface area contributed by atoms with Crippen LogP contribution in [0.4, 0.5) is 5.82 Å². The summed E-state index contributed by atoms with van der Waals surface area (Å²) in [4.78, 5) is 19.1. The van der Waals surface area contributed by atoms with Crippen molar-refractivity contribution in [2.45, 2.75) is 12.8 Å². The van der Waals surface area contributed by atoms with E-state index >= 15 is 0 Å². The van der Waals surface area contributed by atoms with Gasteiger partial charge in [-0.05, 0) is 25.0 Å². The standard InChI is InChI=1S/C21H29N4O/c1-25(2,17-21(26)24-14-6-7-15-24)16-13-22-20-12-8-11-19(23-20)18-9-4-3-5-10-18/h3-5,8-12H,6-7,13-17H2,1-2H3,(H,22,23)/q+1. The van der Waals surface area contributed by atoms with Crippen molar-refractivity contribution in [1.29, 1.82) is 0 Å². The molecule has 2 heterocycles. The molecule has 1 N–H and O–H groups in total. The van der Waals surface area contributed by atoms with Crippen LogP contribution in [-0.4, -0.2) is 67.1 Å². The zero-order valence-electron chi connectivity index (χ0n) is 15.8. The van der Waals surface area contributed by atoms with Gasteiger partial charge in [0.2, 0.25) is 0 Å². The second-order valence-electron chi connectivity index (χ2n) is 7.61. The normalized spacial score (nSPS) is 14.5. The highest BCUT2D eigenvalue weighted by atomic mass is 16.2. The second-order valence-corrected chi connectivity index (χ2v) is 7.61. The van der Waals surface area contributed by atoms with Crippen LogP contribution in [0.15, 0.2) is 48.5 Å². The summed E-state index contributed by atoms with van der Waals surface area (Å²) in [5.41, 5.74) is 2.08. The highest BCUT2D eigenvalue weighted by molar-refractivity contribution is 5.77. The van der Waals surface area contributed by atoms with Crippen LogP contribution in [0.2, 0.25) is 0 Å². The molecule has 2 aromatic rings. The van der Waals surface area contributed by atoms with Crippen molar-refractivity contribution in [3.8, 4) is 11.3 Å². The largest absolute Gasteiger partial charge is 0.364 e. The van der Waals surface area contributed by atoms with Crippen LogP contribution in [0, 0.1) is 0 Å². The Balaban J connectivity index is 1.51. The lowest BCUT2D eigenvalue weighted by atomic mass is 10.1. The minimum atomic E-state index is 0.275. The summed E-state index contributed by atoms with van der Waals surface area (Å²) in [5, 5.41) is 3.40. The van der Waals surface area contributed by atoms with Crippen LogP contribution in [0.5, 0.6) is 0 Å². The summed E-state index contributed by atoms with van der Waals surface area (Å²) in [6, 6.07) is 16.2. The number of anilines is 1. The Morgan fingerprint density at radius 3 is 2.54 bits per heavy atom. The molecule has 1 fully saturated rings. The summed E-state index contributed by atoms with van der Waals surface area (Å²) in [6.07, 6.45) is 2.29. The number of likely N-dealkylation sites (tertiary alicyclic amines) is 1. The van der Waals surface area contributed by atoms with Crippen LogP contribution in [-0.2, 0) is 4.79 Å². The fraction of sp³-hybridized carbons (Fsp3) is 0.429. The van der Waals surface area contributed by atoms with E-state index in [9.17, 15) is 4.79 Å². The van der Waals surface area contributed by atoms with E-state index in [-0.39, 0.29) is 5.91 Å². The van der Waals surface area contributed by atoms with Crippen molar-refractivity contribution in [2.75, 3.05) is 52.1 Å². The molecular formula is C21H29N4O+. The van der Waals surface area contributed by atoms with Crippen LogP contribution in [0.3, 0.4) is 0 Å². The molecular weight excluding hydrogens is 324 g/mol. The first-order valence-corrected chi connectivity index (χ1v) is 9.40. The number of carbonyl (C=O) groups is 1. The SMILES string of the molecule is C[N+](C)(CCNc1cccc(-c2ccccc2)n1)CC(=O)N1CCCC1. The molecule has 138 valence electrons. The Bertz CT molecular complexity index is 724. The molecule has 0 spiro atoms. The first kappa shape index (κ1) is 18.4. The molecule has 0 bridgehead atoms. The third kappa shape index (κ3) is 5.05. The van der Waals surface area contributed by atoms with Gasteiger partial charge in [0.15, 0.2) is 6.54 Å². The molecule has 3 rings (SSSR count). The molecule has 0 atom stereocenters. The predicted molar refractivity (Wildman–Crippen MR) is 106 cm³/mol. The van der Waals surface area contributed by atoms with Gasteiger partial charge >= 0.3 is 0 Å². The van der Waals surface area contributed by atoms with Gasteiger partial charge in [-0.3, -0.25) is 4.79 Å². The summed E-state index contributed by atoms with van der Waals surface area (Å²) in [5.74, 6) is 1.15. The van der Waals surface area contributed by atoms with E-state index in [1.807, 2.05) is 41.3 Å². The fourth-order valence-corrected chi connectivity index (χ4v) is 3.30. The molecule has 1 aromatic heterocycles. The molecule has 5 nitrogen and oxygen atoms in total. The van der Waals surface area contributed by atoms with Gasteiger partial charge in [0.05, 0.1) is 32.9 Å². The summed E-state index contributed by atoms with van der Waals surface area (Å²) in [6.45, 7) is 4.06. The smallest absolute Gasteiger partial charge is 0.277 e. The number of likely N-dealkylation sites (N-methyl/N-ethyl adjacent to an activating group) is 1. The Morgan fingerprint density at radius 1 is 1.08 bits per heavy atom. The first-order valence-electron chi connectivity index (χ1n) is 9.40. The van der Waals surface area contributed by atoms with Gasteiger partial charge in [-0.1, -0.05) is 36.4 Å². The van der Waals surface area contributed by atoms with Crippen LogP contribution in [0.25, 0.3) is 11.3 Å². The summed E-state index contributed by atoms with van der Waals surface area (Å²) < 4.78 is 0.681. The molecule has 0 saturated carbocycles. The van der Waals surface area contributed by atoms with E-state index in [4.69, 9.17) is 4.98 Å². The van der Waals surface area contributed by atoms with Gasteiger partial charge < -0.3 is 14.7 Å². The van der Waals surface area contributed by atoms with Gasteiger partial charge in [0, 0.05) is 18.7 Å². The molecule has 0 unspecified atom stereocenters. The number of amides is 1. The zero-order valence-corrected chi connectivity index (χ0v) is 15.8. The van der Waals surface area contributed by atoms with E-state index < -0.39 is 0 Å². The number of aromatic nitrogens is 1. The Morgan fingerprint density at radius 2 is 1.81 bits per heavy atom. The number of nitrogens with one attached hydrogen (secondary N) is 1. The van der Waals surface area contributed by atoms with Crippen molar-refractivity contribution in [2.24, 2.45) is 0 Å². The van der Waals surface area contributed by atoms with E-state index in [1.165, 1.54) is 0 Å². The summed E-state index contributed by atoms with van der Waals surface area (Å²) >= 11 is 0. The highest BCUT2D eigenvalue weighted by Crippen LogP contribution is 2.18. The van der Waals surface area contributed by atoms with E-state index in [1.54, 1.807) is 0 Å². The molecule has 0 radical (unpaired) electrons. The maximum Gasteiger partial charge on any atom is 0.277 e. The van der Waals surface area contributed by atoms with E-state index in [0.717, 1.165) is 56.1 Å². The van der Waals surface area contributed by atoms with Crippen LogP contribution >= 0.6 is 0 Å². The van der Waals surface area contributed by atoms with Gasteiger partial charge in [-0.25, -0.2) is 4.98 Å². The highest BCUT2D eigenvalue weighted by Gasteiger charge is 2.25. The zero-order chi connectivity index (χ0) is 18.4. The molecule has 1 aromatic carbocycles. The fourth-order valence-electron chi connectivity index (χ4n) is 3.30. The molecule has 0 aliphatic carbocycles. The van der Waals surface area contributed by atoms with E-state index in [0.29, 0.717) is 11.0 Å². The third-order valence-corrected chi connectivity index (χ3v) is 4.86. The summed E-state index contributed by atoms with van der Waals surface area (Å²) in [7, 11) is 4.23. The quantitative estimate of drug-likeness (QED) is 0.779. The van der Waals surface area contributed by atoms with E-state index in [2.05, 4.69) is 31.5 Å². The number of benzene rings is 1. The third-order valence-electron chi connectivity index (χ3n) is 4.86. The van der Waals surface area contributed by atoms with Crippen molar-refractivity contribution in [3.63, 3.8) is 0 Å². The monoisotopic (exact) mass is 353 g/mol. The first-order chi connectivity index (χ1) is 12.5. The predicted octanol–water partition coefficient (Wildman–Crippen LogP) is 2.86. The Hall–Kier alpha value is -2.40. The number of hydrogen-bond donors (Lipinski definition) is 1. The second kappa shape index (κ2) is 8.32.